The third-order valence-electron chi connectivity index (χ3n) is 4.05. The highest BCUT2D eigenvalue weighted by Gasteiger charge is 2.21. The Morgan fingerprint density at radius 3 is 2.40 bits per heavy atom. The average Bonchev–Trinajstić information content (AvgIpc) is 2.63. The van der Waals surface area contributed by atoms with E-state index in [4.69, 9.17) is 0 Å². The lowest BCUT2D eigenvalue weighted by atomic mass is 9.96. The van der Waals surface area contributed by atoms with Crippen molar-refractivity contribution in [3.8, 4) is 0 Å². The predicted octanol–water partition coefficient (Wildman–Crippen LogP) is 3.11. The quantitative estimate of drug-likeness (QED) is 0.554. The molecule has 0 radical (unpaired) electrons. The number of hydrogen-bond donors (Lipinski definition) is 2. The first-order valence-corrected chi connectivity index (χ1v) is 9.38. The van der Waals surface area contributed by atoms with E-state index in [-0.39, 0.29) is 16.5 Å². The number of rotatable bonds is 8. The summed E-state index contributed by atoms with van der Waals surface area (Å²) in [6, 6.07) is 13.7. The maximum Gasteiger partial charge on any atom is 0.293 e. The van der Waals surface area contributed by atoms with E-state index < -0.39 is 14.9 Å². The summed E-state index contributed by atoms with van der Waals surface area (Å²) in [6.07, 6.45) is 0.872. The summed E-state index contributed by atoms with van der Waals surface area (Å²) in [7, 11) is -2.47. The standard InChI is InChI=1S/C17H21N3O4S/c1-3-13(14-7-5-4-6-8-14)12-19-16-10-9-15(25(23,24)18-2)11-17(16)20(21)22/h4-11,13,18-19H,3,12H2,1-2H3/t13-/m0/s1. The van der Waals surface area contributed by atoms with Crippen LogP contribution in [-0.2, 0) is 10.0 Å². The van der Waals surface area contributed by atoms with E-state index in [1.54, 1.807) is 0 Å². The fourth-order valence-electron chi connectivity index (χ4n) is 2.55. The van der Waals surface area contributed by atoms with Crippen LogP contribution >= 0.6 is 0 Å². The molecule has 0 unspecified atom stereocenters. The first-order chi connectivity index (χ1) is 11.9. The molecular formula is C17H21N3O4S. The van der Waals surface area contributed by atoms with Crippen molar-refractivity contribution >= 4 is 21.4 Å². The maximum atomic E-state index is 11.8. The third-order valence-corrected chi connectivity index (χ3v) is 5.46. The second kappa shape index (κ2) is 8.09. The molecule has 0 saturated heterocycles. The Labute approximate surface area is 147 Å². The fraction of sp³-hybridized carbons (Fsp3) is 0.294. The first kappa shape index (κ1) is 18.9. The molecule has 0 aliphatic rings. The molecule has 2 aromatic rings. The van der Waals surface area contributed by atoms with E-state index in [0.717, 1.165) is 18.1 Å². The Hall–Kier alpha value is -2.45. The number of nitrogens with zero attached hydrogens (tertiary/aromatic N) is 1. The number of sulfonamides is 1. The lowest BCUT2D eigenvalue weighted by molar-refractivity contribution is -0.384. The fourth-order valence-corrected chi connectivity index (χ4v) is 3.30. The predicted molar refractivity (Wildman–Crippen MR) is 97.3 cm³/mol. The van der Waals surface area contributed by atoms with Gasteiger partial charge in [0.15, 0.2) is 0 Å². The number of nitrogens with one attached hydrogen (secondary N) is 2. The largest absolute Gasteiger partial charge is 0.379 e. The van der Waals surface area contributed by atoms with Gasteiger partial charge in [-0.05, 0) is 31.2 Å². The Morgan fingerprint density at radius 1 is 1.16 bits per heavy atom. The maximum absolute atomic E-state index is 11.8. The van der Waals surface area contributed by atoms with Crippen LogP contribution in [-0.4, -0.2) is 26.9 Å². The van der Waals surface area contributed by atoms with Crippen molar-refractivity contribution in [3.63, 3.8) is 0 Å². The Balaban J connectivity index is 2.25. The number of anilines is 1. The summed E-state index contributed by atoms with van der Waals surface area (Å²) in [4.78, 5) is 10.6. The summed E-state index contributed by atoms with van der Waals surface area (Å²) in [6.45, 7) is 2.57. The van der Waals surface area contributed by atoms with Gasteiger partial charge in [-0.2, -0.15) is 0 Å². The third kappa shape index (κ3) is 4.55. The molecule has 2 rings (SSSR count). The second-order valence-corrected chi connectivity index (χ2v) is 7.43. The zero-order chi connectivity index (χ0) is 18.4. The lowest BCUT2D eigenvalue weighted by Gasteiger charge is -2.17. The van der Waals surface area contributed by atoms with Gasteiger partial charge in [0.25, 0.3) is 5.69 Å². The molecule has 0 aliphatic carbocycles. The van der Waals surface area contributed by atoms with Crippen molar-refractivity contribution in [3.05, 3.63) is 64.2 Å². The van der Waals surface area contributed by atoms with Crippen LogP contribution in [0.2, 0.25) is 0 Å². The van der Waals surface area contributed by atoms with E-state index in [0.29, 0.717) is 12.2 Å². The summed E-state index contributed by atoms with van der Waals surface area (Å²) in [5.41, 5.74) is 1.18. The van der Waals surface area contributed by atoms with Gasteiger partial charge in [-0.3, -0.25) is 10.1 Å². The van der Waals surface area contributed by atoms with Crippen LogP contribution < -0.4 is 10.0 Å². The smallest absolute Gasteiger partial charge is 0.293 e. The SMILES string of the molecule is CC[C@@H](CNc1ccc(S(=O)(=O)NC)cc1[N+](=O)[O-])c1ccccc1. The molecule has 0 aromatic heterocycles. The van der Waals surface area contributed by atoms with Gasteiger partial charge in [0.1, 0.15) is 5.69 Å². The van der Waals surface area contributed by atoms with Crippen LogP contribution in [0.1, 0.15) is 24.8 Å². The molecule has 134 valence electrons. The topological polar surface area (TPSA) is 101 Å². The van der Waals surface area contributed by atoms with Crippen molar-refractivity contribution in [2.75, 3.05) is 18.9 Å². The molecular weight excluding hydrogens is 342 g/mol. The van der Waals surface area contributed by atoms with Crippen molar-refractivity contribution in [2.45, 2.75) is 24.2 Å². The van der Waals surface area contributed by atoms with Crippen LogP contribution in [0.25, 0.3) is 0 Å². The van der Waals surface area contributed by atoms with E-state index in [9.17, 15) is 18.5 Å². The molecule has 8 heteroatoms. The molecule has 2 aromatic carbocycles. The van der Waals surface area contributed by atoms with E-state index in [1.165, 1.54) is 19.2 Å². The van der Waals surface area contributed by atoms with Gasteiger partial charge in [0.2, 0.25) is 10.0 Å². The van der Waals surface area contributed by atoms with Crippen molar-refractivity contribution in [2.24, 2.45) is 0 Å². The van der Waals surface area contributed by atoms with Gasteiger partial charge in [-0.25, -0.2) is 13.1 Å². The molecule has 7 nitrogen and oxygen atoms in total. The Bertz CT molecular complexity index is 838. The molecule has 25 heavy (non-hydrogen) atoms. The minimum Gasteiger partial charge on any atom is -0.379 e. The molecule has 0 fully saturated rings. The van der Waals surface area contributed by atoms with E-state index in [1.807, 2.05) is 30.3 Å². The number of hydrogen-bond acceptors (Lipinski definition) is 5. The molecule has 0 heterocycles. The van der Waals surface area contributed by atoms with E-state index >= 15 is 0 Å². The molecule has 0 amide bonds. The summed E-state index contributed by atoms with van der Waals surface area (Å²) >= 11 is 0. The molecule has 0 saturated carbocycles. The van der Waals surface area contributed by atoms with Crippen LogP contribution in [0, 0.1) is 10.1 Å². The normalized spacial score (nSPS) is 12.6. The summed E-state index contributed by atoms with van der Waals surface area (Å²) < 4.78 is 25.8. The summed E-state index contributed by atoms with van der Waals surface area (Å²) in [5.74, 6) is 0.196. The van der Waals surface area contributed by atoms with Gasteiger partial charge in [-0.1, -0.05) is 37.3 Å². The van der Waals surface area contributed by atoms with Crippen LogP contribution in [0.5, 0.6) is 0 Å². The molecule has 0 spiro atoms. The molecule has 2 N–H and O–H groups in total. The zero-order valence-electron chi connectivity index (χ0n) is 14.1. The van der Waals surface area contributed by atoms with Gasteiger partial charge in [0, 0.05) is 18.5 Å². The van der Waals surface area contributed by atoms with Crippen LogP contribution in [0.3, 0.4) is 0 Å². The highest BCUT2D eigenvalue weighted by atomic mass is 32.2. The zero-order valence-corrected chi connectivity index (χ0v) is 14.9. The van der Waals surface area contributed by atoms with Crippen LogP contribution in [0.15, 0.2) is 53.4 Å². The Kier molecular flexibility index (Phi) is 6.11. The van der Waals surface area contributed by atoms with Gasteiger partial charge >= 0.3 is 0 Å². The van der Waals surface area contributed by atoms with Gasteiger partial charge in [-0.15, -0.1) is 0 Å². The monoisotopic (exact) mass is 363 g/mol. The van der Waals surface area contributed by atoms with Crippen molar-refractivity contribution in [1.29, 1.82) is 0 Å². The lowest BCUT2D eigenvalue weighted by Crippen LogP contribution is -2.19. The minimum absolute atomic E-state index is 0.137. The molecule has 1 atom stereocenters. The highest BCUT2D eigenvalue weighted by molar-refractivity contribution is 7.89. The van der Waals surface area contributed by atoms with Gasteiger partial charge in [0.05, 0.1) is 9.82 Å². The number of benzene rings is 2. The Morgan fingerprint density at radius 2 is 1.84 bits per heavy atom. The highest BCUT2D eigenvalue weighted by Crippen LogP contribution is 2.29. The molecule has 0 aliphatic heterocycles. The van der Waals surface area contributed by atoms with Crippen LogP contribution in [0.4, 0.5) is 11.4 Å². The average molecular weight is 363 g/mol. The first-order valence-electron chi connectivity index (χ1n) is 7.89. The second-order valence-electron chi connectivity index (χ2n) is 5.54. The van der Waals surface area contributed by atoms with Crippen molar-refractivity contribution < 1.29 is 13.3 Å². The molecule has 0 bridgehead atoms. The number of nitro benzene ring substituents is 1. The number of nitro groups is 1. The minimum atomic E-state index is -3.73. The summed E-state index contributed by atoms with van der Waals surface area (Å²) in [5, 5.41) is 14.4. The van der Waals surface area contributed by atoms with E-state index in [2.05, 4.69) is 17.0 Å². The van der Waals surface area contributed by atoms with Gasteiger partial charge < -0.3 is 5.32 Å². The van der Waals surface area contributed by atoms with Crippen molar-refractivity contribution in [1.82, 2.24) is 4.72 Å².